The summed E-state index contributed by atoms with van der Waals surface area (Å²) in [4.78, 5) is 4.71. The smallest absolute Gasteiger partial charge is 0.259 e. The highest BCUT2D eigenvalue weighted by Gasteiger charge is 2.38. The Kier molecular flexibility index (Phi) is 2.31. The highest BCUT2D eigenvalue weighted by molar-refractivity contribution is 7.16. The van der Waals surface area contributed by atoms with Gasteiger partial charge in [-0.3, -0.25) is 4.40 Å². The van der Waals surface area contributed by atoms with Gasteiger partial charge in [0.15, 0.2) is 5.65 Å². The fraction of sp³-hybridized carbons (Fsp3) is 0.300. The van der Waals surface area contributed by atoms with Gasteiger partial charge in [0, 0.05) is 0 Å². The molecule has 3 aromatic heterocycles. The van der Waals surface area contributed by atoms with Crippen LogP contribution < -0.4 is 0 Å². The second-order valence-electron chi connectivity index (χ2n) is 3.70. The molecule has 0 aliphatic heterocycles. The first-order chi connectivity index (χ1) is 8.52. The van der Waals surface area contributed by atoms with Crippen molar-refractivity contribution in [1.29, 1.82) is 0 Å². The summed E-state index contributed by atoms with van der Waals surface area (Å²) < 4.78 is 39.7. The zero-order chi connectivity index (χ0) is 12.9. The molecule has 3 rings (SSSR count). The van der Waals surface area contributed by atoms with Crippen LogP contribution in [-0.2, 0) is 12.6 Å². The van der Waals surface area contributed by atoms with Gasteiger partial charge in [-0.15, -0.1) is 21.5 Å². The molecule has 0 atom stereocenters. The highest BCUT2D eigenvalue weighted by atomic mass is 32.1. The van der Waals surface area contributed by atoms with Crippen LogP contribution in [0.15, 0.2) is 11.4 Å². The number of hydrogen-bond acceptors (Lipinski definition) is 4. The summed E-state index contributed by atoms with van der Waals surface area (Å²) in [6, 6.07) is 1.69. The van der Waals surface area contributed by atoms with Crippen LogP contribution in [-0.4, -0.2) is 19.6 Å². The number of nitrogens with zero attached hydrogens (tertiary/aromatic N) is 4. The Morgan fingerprint density at radius 3 is 2.78 bits per heavy atom. The van der Waals surface area contributed by atoms with E-state index in [4.69, 9.17) is 0 Å². The Morgan fingerprint density at radius 2 is 2.11 bits per heavy atom. The second-order valence-corrected chi connectivity index (χ2v) is 4.60. The van der Waals surface area contributed by atoms with Crippen LogP contribution in [0.25, 0.3) is 16.0 Å². The molecule has 0 amide bonds. The average Bonchev–Trinajstić information content (AvgIpc) is 2.92. The molecule has 0 saturated carbocycles. The van der Waals surface area contributed by atoms with Gasteiger partial charge in [-0.05, 0) is 17.9 Å². The van der Waals surface area contributed by atoms with Crippen molar-refractivity contribution in [1.82, 2.24) is 19.6 Å². The summed E-state index contributed by atoms with van der Waals surface area (Å²) in [5.41, 5.74) is 1.23. The Morgan fingerprint density at radius 1 is 1.33 bits per heavy atom. The number of aromatic nitrogens is 4. The molecule has 0 aromatic carbocycles. The first kappa shape index (κ1) is 11.4. The number of thiophene rings is 1. The normalized spacial score (nSPS) is 12.7. The molecule has 0 aliphatic carbocycles. The van der Waals surface area contributed by atoms with Crippen molar-refractivity contribution < 1.29 is 13.2 Å². The summed E-state index contributed by atoms with van der Waals surface area (Å²) in [5, 5.41) is 8.59. The summed E-state index contributed by atoms with van der Waals surface area (Å²) in [6.45, 7) is 1.82. The molecule has 0 spiro atoms. The zero-order valence-corrected chi connectivity index (χ0v) is 10.0. The molecular weight excluding hydrogens is 265 g/mol. The molecule has 94 valence electrons. The second kappa shape index (κ2) is 3.64. The van der Waals surface area contributed by atoms with Crippen molar-refractivity contribution in [2.24, 2.45) is 0 Å². The monoisotopic (exact) mass is 272 g/mol. The van der Waals surface area contributed by atoms with E-state index in [1.165, 1.54) is 11.3 Å². The molecule has 0 bridgehead atoms. The fourth-order valence-corrected chi connectivity index (χ4v) is 2.67. The van der Waals surface area contributed by atoms with Crippen LogP contribution in [0.3, 0.4) is 0 Å². The Hall–Kier alpha value is -1.70. The average molecular weight is 272 g/mol. The maximum atomic E-state index is 12.9. The van der Waals surface area contributed by atoms with Gasteiger partial charge in [0.1, 0.15) is 4.83 Å². The predicted molar refractivity (Wildman–Crippen MR) is 60.5 cm³/mol. The molecule has 0 N–H and O–H groups in total. The highest BCUT2D eigenvalue weighted by Crippen LogP contribution is 2.32. The lowest BCUT2D eigenvalue weighted by atomic mass is 10.3. The fourth-order valence-electron chi connectivity index (χ4n) is 1.83. The molecule has 0 aliphatic rings. The van der Waals surface area contributed by atoms with Gasteiger partial charge in [-0.1, -0.05) is 6.92 Å². The molecule has 3 heterocycles. The Balaban J connectivity index is 2.51. The van der Waals surface area contributed by atoms with Crippen molar-refractivity contribution in [3.8, 4) is 0 Å². The standard InChI is InChI=1S/C10H7F3N4S/c1-2-5-7-15-16-9(10(11,12)13)17(7)8-6(14-5)3-4-18-8/h3-4H,2H2,1H3. The molecule has 18 heavy (non-hydrogen) atoms. The maximum Gasteiger partial charge on any atom is 0.452 e. The first-order valence-electron chi connectivity index (χ1n) is 5.20. The zero-order valence-electron chi connectivity index (χ0n) is 9.19. The minimum absolute atomic E-state index is 0.180. The summed E-state index contributed by atoms with van der Waals surface area (Å²) in [6.07, 6.45) is -4.02. The molecule has 3 aromatic rings. The molecular formula is C10H7F3N4S. The molecule has 0 fully saturated rings. The molecule has 0 unspecified atom stereocenters. The topological polar surface area (TPSA) is 43.1 Å². The molecule has 8 heteroatoms. The van der Waals surface area contributed by atoms with Gasteiger partial charge in [0.2, 0.25) is 5.82 Å². The van der Waals surface area contributed by atoms with E-state index < -0.39 is 12.0 Å². The summed E-state index contributed by atoms with van der Waals surface area (Å²) >= 11 is 1.19. The van der Waals surface area contributed by atoms with E-state index >= 15 is 0 Å². The van der Waals surface area contributed by atoms with Crippen LogP contribution >= 0.6 is 11.3 Å². The number of rotatable bonds is 1. The SMILES string of the molecule is CCc1nc2ccsc2n2c(C(F)(F)F)nnc12. The summed E-state index contributed by atoms with van der Waals surface area (Å²) in [7, 11) is 0. The van der Waals surface area contributed by atoms with E-state index in [0.29, 0.717) is 22.5 Å². The third-order valence-corrected chi connectivity index (χ3v) is 3.48. The van der Waals surface area contributed by atoms with Crippen molar-refractivity contribution in [2.75, 3.05) is 0 Å². The van der Waals surface area contributed by atoms with E-state index in [1.54, 1.807) is 11.4 Å². The van der Waals surface area contributed by atoms with Gasteiger partial charge < -0.3 is 0 Å². The predicted octanol–water partition coefficient (Wildman–Crippen LogP) is 2.92. The molecule has 0 saturated heterocycles. The van der Waals surface area contributed by atoms with E-state index in [0.717, 1.165) is 4.40 Å². The third kappa shape index (κ3) is 1.48. The minimum Gasteiger partial charge on any atom is -0.259 e. The van der Waals surface area contributed by atoms with Gasteiger partial charge in [0.05, 0.1) is 11.2 Å². The van der Waals surface area contributed by atoms with Crippen molar-refractivity contribution in [3.63, 3.8) is 0 Å². The van der Waals surface area contributed by atoms with E-state index in [-0.39, 0.29) is 5.65 Å². The van der Waals surface area contributed by atoms with Crippen LogP contribution in [0, 0.1) is 0 Å². The summed E-state index contributed by atoms with van der Waals surface area (Å²) in [5.74, 6) is -0.998. The number of alkyl halides is 3. The van der Waals surface area contributed by atoms with Crippen molar-refractivity contribution in [3.05, 3.63) is 23.0 Å². The first-order valence-corrected chi connectivity index (χ1v) is 6.08. The van der Waals surface area contributed by atoms with Gasteiger partial charge in [-0.2, -0.15) is 13.2 Å². The number of hydrogen-bond donors (Lipinski definition) is 0. The van der Waals surface area contributed by atoms with Gasteiger partial charge in [-0.25, -0.2) is 4.98 Å². The minimum atomic E-state index is -4.53. The molecule has 0 radical (unpaired) electrons. The Bertz CT molecular complexity index is 728. The quantitative estimate of drug-likeness (QED) is 0.684. The van der Waals surface area contributed by atoms with Crippen LogP contribution in [0.1, 0.15) is 18.4 Å². The third-order valence-electron chi connectivity index (χ3n) is 2.59. The number of halogens is 3. The lowest BCUT2D eigenvalue weighted by Crippen LogP contribution is -2.11. The van der Waals surface area contributed by atoms with Crippen LogP contribution in [0.2, 0.25) is 0 Å². The number of fused-ring (bicyclic) bond motifs is 3. The van der Waals surface area contributed by atoms with E-state index in [2.05, 4.69) is 15.2 Å². The largest absolute Gasteiger partial charge is 0.452 e. The Labute approximate surface area is 103 Å². The maximum absolute atomic E-state index is 12.9. The molecule has 4 nitrogen and oxygen atoms in total. The van der Waals surface area contributed by atoms with Crippen LogP contribution in [0.5, 0.6) is 0 Å². The van der Waals surface area contributed by atoms with Gasteiger partial charge in [0.25, 0.3) is 0 Å². The lowest BCUT2D eigenvalue weighted by molar-refractivity contribution is -0.145. The van der Waals surface area contributed by atoms with Crippen molar-refractivity contribution in [2.45, 2.75) is 19.5 Å². The number of aryl methyl sites for hydroxylation is 1. The lowest BCUT2D eigenvalue weighted by Gasteiger charge is -2.06. The van der Waals surface area contributed by atoms with Crippen molar-refractivity contribution >= 4 is 27.3 Å². The van der Waals surface area contributed by atoms with Crippen LogP contribution in [0.4, 0.5) is 13.2 Å². The van der Waals surface area contributed by atoms with Gasteiger partial charge >= 0.3 is 6.18 Å². The van der Waals surface area contributed by atoms with E-state index in [1.807, 2.05) is 6.92 Å². The van der Waals surface area contributed by atoms with E-state index in [9.17, 15) is 13.2 Å².